The number of hydrogen-bond donors (Lipinski definition) is 1. The Kier molecular flexibility index (Phi) is 9.04. The minimum absolute atomic E-state index is 0.202. The molecule has 29 heavy (non-hydrogen) atoms. The molecule has 3 rings (SSSR count). The molecule has 1 aromatic carbocycles. The smallest absolute Gasteiger partial charge is 0.221 e. The van der Waals surface area contributed by atoms with Crippen molar-refractivity contribution in [3.8, 4) is 0 Å². The Labute approximate surface area is 178 Å². The van der Waals surface area contributed by atoms with E-state index in [-0.39, 0.29) is 5.91 Å². The summed E-state index contributed by atoms with van der Waals surface area (Å²) in [4.78, 5) is 15.2. The van der Waals surface area contributed by atoms with E-state index in [4.69, 9.17) is 0 Å². The number of carbonyl (C=O) groups excluding carboxylic acids is 1. The number of benzene rings is 1. The Morgan fingerprint density at radius 2 is 1.41 bits per heavy atom. The van der Waals surface area contributed by atoms with Gasteiger partial charge in [-0.05, 0) is 55.6 Å². The van der Waals surface area contributed by atoms with Gasteiger partial charge in [0.25, 0.3) is 0 Å². The minimum Gasteiger partial charge on any atom is -0.343 e. The van der Waals surface area contributed by atoms with Crippen molar-refractivity contribution < 1.29 is 4.79 Å². The fourth-order valence-corrected chi connectivity index (χ4v) is 5.22. The van der Waals surface area contributed by atoms with Gasteiger partial charge in [-0.25, -0.2) is 0 Å². The van der Waals surface area contributed by atoms with Crippen LogP contribution in [0.2, 0.25) is 0 Å². The van der Waals surface area contributed by atoms with Crippen LogP contribution < -0.4 is 5.32 Å². The fraction of sp³-hybridized carbons (Fsp3) is 0.731. The number of amides is 1. The van der Waals surface area contributed by atoms with Crippen LogP contribution in [0.4, 0.5) is 0 Å². The molecule has 0 aliphatic heterocycles. The van der Waals surface area contributed by atoms with Gasteiger partial charge < -0.3 is 5.32 Å². The third-order valence-electron chi connectivity index (χ3n) is 6.85. The molecule has 1 amide bonds. The molecule has 2 aliphatic rings. The van der Waals surface area contributed by atoms with Crippen molar-refractivity contribution in [3.63, 3.8) is 0 Å². The molecule has 1 N–H and O–H groups in total. The van der Waals surface area contributed by atoms with E-state index in [2.05, 4.69) is 48.3 Å². The molecule has 2 aliphatic carbocycles. The van der Waals surface area contributed by atoms with Gasteiger partial charge in [-0.3, -0.25) is 9.69 Å². The summed E-state index contributed by atoms with van der Waals surface area (Å²) in [6, 6.07) is 10.2. The second-order valence-electron chi connectivity index (χ2n) is 9.77. The van der Waals surface area contributed by atoms with E-state index in [1.807, 2.05) is 0 Å². The summed E-state index contributed by atoms with van der Waals surface area (Å²) < 4.78 is 0. The molecular formula is C26H42N2O. The highest BCUT2D eigenvalue weighted by molar-refractivity contribution is 5.76. The quantitative estimate of drug-likeness (QED) is 0.528. The Balaban J connectivity index is 1.46. The molecule has 0 bridgehead atoms. The predicted octanol–water partition coefficient (Wildman–Crippen LogP) is 5.86. The SMILES string of the molecule is CC(C)Cc1ccc(CCC(=O)NCN(C2CCCCC2)C2CCCCC2)cc1. The third-order valence-corrected chi connectivity index (χ3v) is 6.85. The van der Waals surface area contributed by atoms with E-state index in [0.29, 0.717) is 24.4 Å². The van der Waals surface area contributed by atoms with E-state index < -0.39 is 0 Å². The highest BCUT2D eigenvalue weighted by Crippen LogP contribution is 2.29. The molecule has 0 unspecified atom stereocenters. The number of rotatable bonds is 9. The van der Waals surface area contributed by atoms with Crippen LogP contribution in [0.25, 0.3) is 0 Å². The first kappa shape index (κ1) is 22.3. The first-order chi connectivity index (χ1) is 14.1. The zero-order valence-corrected chi connectivity index (χ0v) is 18.8. The Hall–Kier alpha value is -1.35. The highest BCUT2D eigenvalue weighted by Gasteiger charge is 2.28. The molecule has 0 heterocycles. The molecule has 0 atom stereocenters. The molecule has 3 nitrogen and oxygen atoms in total. The highest BCUT2D eigenvalue weighted by atomic mass is 16.1. The topological polar surface area (TPSA) is 32.3 Å². The van der Waals surface area contributed by atoms with Crippen LogP contribution >= 0.6 is 0 Å². The van der Waals surface area contributed by atoms with E-state index in [9.17, 15) is 4.79 Å². The first-order valence-electron chi connectivity index (χ1n) is 12.2. The third kappa shape index (κ3) is 7.44. The molecule has 2 fully saturated rings. The largest absolute Gasteiger partial charge is 0.343 e. The van der Waals surface area contributed by atoms with Crippen LogP contribution in [0.3, 0.4) is 0 Å². The predicted molar refractivity (Wildman–Crippen MR) is 122 cm³/mol. The number of carbonyl (C=O) groups is 1. The first-order valence-corrected chi connectivity index (χ1v) is 12.2. The summed E-state index contributed by atoms with van der Waals surface area (Å²) in [5, 5.41) is 3.27. The Bertz CT molecular complexity index is 580. The average molecular weight is 399 g/mol. The van der Waals surface area contributed by atoms with Crippen molar-refractivity contribution in [1.82, 2.24) is 10.2 Å². The second kappa shape index (κ2) is 11.7. The minimum atomic E-state index is 0.202. The van der Waals surface area contributed by atoms with Crippen LogP contribution in [0.15, 0.2) is 24.3 Å². The molecular weight excluding hydrogens is 356 g/mol. The van der Waals surface area contributed by atoms with E-state index in [1.54, 1.807) is 0 Å². The van der Waals surface area contributed by atoms with Gasteiger partial charge in [0.1, 0.15) is 0 Å². The maximum Gasteiger partial charge on any atom is 0.221 e. The molecule has 0 spiro atoms. The van der Waals surface area contributed by atoms with Gasteiger partial charge in [0.05, 0.1) is 6.67 Å². The molecule has 3 heteroatoms. The summed E-state index contributed by atoms with van der Waals surface area (Å²) in [5.74, 6) is 0.885. The fourth-order valence-electron chi connectivity index (χ4n) is 5.22. The summed E-state index contributed by atoms with van der Waals surface area (Å²) in [6.07, 6.45) is 16.0. The lowest BCUT2D eigenvalue weighted by molar-refractivity contribution is -0.122. The molecule has 2 saturated carbocycles. The number of hydrogen-bond acceptors (Lipinski definition) is 2. The number of nitrogens with one attached hydrogen (secondary N) is 1. The molecule has 0 aromatic heterocycles. The van der Waals surface area contributed by atoms with E-state index >= 15 is 0 Å². The van der Waals surface area contributed by atoms with Crippen molar-refractivity contribution >= 4 is 5.91 Å². The van der Waals surface area contributed by atoms with Crippen LogP contribution in [0.5, 0.6) is 0 Å². The number of nitrogens with zero attached hydrogens (tertiary/aromatic N) is 1. The normalized spacial score (nSPS) is 19.0. The maximum atomic E-state index is 12.6. The lowest BCUT2D eigenvalue weighted by Crippen LogP contribution is -2.50. The lowest BCUT2D eigenvalue weighted by Gasteiger charge is -2.41. The Morgan fingerprint density at radius 3 is 1.93 bits per heavy atom. The van der Waals surface area contributed by atoms with Crippen LogP contribution in [-0.2, 0) is 17.6 Å². The lowest BCUT2D eigenvalue weighted by atomic mass is 9.89. The zero-order valence-electron chi connectivity index (χ0n) is 18.8. The number of aryl methyl sites for hydroxylation is 1. The van der Waals surface area contributed by atoms with Crippen LogP contribution in [0.1, 0.15) is 95.6 Å². The molecule has 162 valence electrons. The molecule has 0 radical (unpaired) electrons. The molecule has 1 aromatic rings. The zero-order chi connectivity index (χ0) is 20.5. The average Bonchev–Trinajstić information content (AvgIpc) is 2.74. The standard InChI is InChI=1S/C26H42N2O/c1-21(2)19-23-15-13-22(14-16-23)17-18-26(29)27-20-28(24-9-5-3-6-10-24)25-11-7-4-8-12-25/h13-16,21,24-25H,3-12,17-20H2,1-2H3,(H,27,29). The van der Waals surface area contributed by atoms with E-state index in [1.165, 1.54) is 75.3 Å². The van der Waals surface area contributed by atoms with Crippen molar-refractivity contribution in [1.29, 1.82) is 0 Å². The van der Waals surface area contributed by atoms with E-state index in [0.717, 1.165) is 19.5 Å². The van der Waals surface area contributed by atoms with Crippen molar-refractivity contribution in [3.05, 3.63) is 35.4 Å². The van der Waals surface area contributed by atoms with Gasteiger partial charge in [-0.2, -0.15) is 0 Å². The van der Waals surface area contributed by atoms with Gasteiger partial charge in [0.15, 0.2) is 0 Å². The van der Waals surface area contributed by atoms with Gasteiger partial charge in [0, 0.05) is 18.5 Å². The van der Waals surface area contributed by atoms with Crippen molar-refractivity contribution in [2.24, 2.45) is 5.92 Å². The van der Waals surface area contributed by atoms with Gasteiger partial charge in [0.2, 0.25) is 5.91 Å². The van der Waals surface area contributed by atoms with Crippen LogP contribution in [-0.4, -0.2) is 29.6 Å². The summed E-state index contributed by atoms with van der Waals surface area (Å²) in [7, 11) is 0. The van der Waals surface area contributed by atoms with Gasteiger partial charge >= 0.3 is 0 Å². The van der Waals surface area contributed by atoms with Crippen molar-refractivity contribution in [2.45, 2.75) is 109 Å². The maximum absolute atomic E-state index is 12.6. The molecule has 0 saturated heterocycles. The van der Waals surface area contributed by atoms with Gasteiger partial charge in [-0.1, -0.05) is 76.6 Å². The second-order valence-corrected chi connectivity index (χ2v) is 9.77. The van der Waals surface area contributed by atoms with Gasteiger partial charge in [-0.15, -0.1) is 0 Å². The van der Waals surface area contributed by atoms with Crippen LogP contribution in [0, 0.1) is 5.92 Å². The summed E-state index contributed by atoms with van der Waals surface area (Å²) in [6.45, 7) is 5.26. The van der Waals surface area contributed by atoms with Crippen molar-refractivity contribution in [2.75, 3.05) is 6.67 Å². The monoisotopic (exact) mass is 398 g/mol. The summed E-state index contributed by atoms with van der Waals surface area (Å²) >= 11 is 0. The Morgan fingerprint density at radius 1 is 0.897 bits per heavy atom. The summed E-state index contributed by atoms with van der Waals surface area (Å²) in [5.41, 5.74) is 2.66.